The van der Waals surface area contributed by atoms with Gasteiger partial charge in [0.25, 0.3) is 0 Å². The molecule has 106 valence electrons. The minimum atomic E-state index is -0.0375. The molecule has 2 fully saturated rings. The van der Waals surface area contributed by atoms with Crippen LogP contribution in [0.3, 0.4) is 0 Å². The number of rotatable bonds is 4. The number of likely N-dealkylation sites (N-methyl/N-ethyl adjacent to an activating group) is 1. The average molecular weight is 256 g/mol. The van der Waals surface area contributed by atoms with Crippen molar-refractivity contribution in [3.63, 3.8) is 0 Å². The van der Waals surface area contributed by atoms with E-state index in [9.17, 15) is 5.11 Å². The van der Waals surface area contributed by atoms with Crippen molar-refractivity contribution < 1.29 is 9.84 Å². The highest BCUT2D eigenvalue weighted by molar-refractivity contribution is 5.00. The monoisotopic (exact) mass is 256 g/mol. The molecule has 2 aliphatic rings. The molecule has 1 saturated heterocycles. The van der Waals surface area contributed by atoms with Crippen LogP contribution in [0.2, 0.25) is 0 Å². The maximum Gasteiger partial charge on any atom is 0.0678 e. The molecule has 1 heterocycles. The first-order valence-corrected chi connectivity index (χ1v) is 7.34. The first-order chi connectivity index (χ1) is 8.58. The zero-order chi connectivity index (χ0) is 13.2. The summed E-state index contributed by atoms with van der Waals surface area (Å²) in [5.74, 6) is 0. The number of nitrogens with zero attached hydrogens (tertiary/aromatic N) is 1. The van der Waals surface area contributed by atoms with Gasteiger partial charge >= 0.3 is 0 Å². The lowest BCUT2D eigenvalue weighted by atomic mass is 9.98. The van der Waals surface area contributed by atoms with E-state index in [2.05, 4.69) is 31.0 Å². The van der Waals surface area contributed by atoms with E-state index in [1.807, 2.05) is 0 Å². The van der Waals surface area contributed by atoms with Gasteiger partial charge in [-0.15, -0.1) is 0 Å². The highest BCUT2D eigenvalue weighted by atomic mass is 16.5. The molecule has 2 N–H and O–H groups in total. The topological polar surface area (TPSA) is 44.7 Å². The SMILES string of the molecule is CCNC1(CO)CCC(N2C[C@@H](C)O[C@@H](C)C2)C1. The lowest BCUT2D eigenvalue weighted by Gasteiger charge is -2.39. The molecule has 0 aromatic carbocycles. The summed E-state index contributed by atoms with van der Waals surface area (Å²) in [5.41, 5.74) is -0.0375. The average Bonchev–Trinajstić information content (AvgIpc) is 2.73. The molecule has 0 radical (unpaired) electrons. The zero-order valence-corrected chi connectivity index (χ0v) is 12.0. The number of nitrogens with one attached hydrogen (secondary N) is 1. The number of ether oxygens (including phenoxy) is 1. The molecule has 0 aromatic heterocycles. The van der Waals surface area contributed by atoms with Gasteiger partial charge in [0.2, 0.25) is 0 Å². The van der Waals surface area contributed by atoms with Gasteiger partial charge in [-0.1, -0.05) is 6.92 Å². The molecule has 0 spiro atoms. The third-order valence-electron chi connectivity index (χ3n) is 4.40. The van der Waals surface area contributed by atoms with E-state index in [0.29, 0.717) is 18.2 Å². The maximum atomic E-state index is 9.66. The van der Waals surface area contributed by atoms with E-state index >= 15 is 0 Å². The molecule has 1 saturated carbocycles. The minimum Gasteiger partial charge on any atom is -0.394 e. The Morgan fingerprint density at radius 3 is 2.56 bits per heavy atom. The Morgan fingerprint density at radius 1 is 1.33 bits per heavy atom. The van der Waals surface area contributed by atoms with Crippen LogP contribution in [0.5, 0.6) is 0 Å². The van der Waals surface area contributed by atoms with E-state index in [4.69, 9.17) is 4.74 Å². The molecule has 0 amide bonds. The number of aliphatic hydroxyl groups is 1. The molecule has 18 heavy (non-hydrogen) atoms. The Bertz CT molecular complexity index is 265. The van der Waals surface area contributed by atoms with Crippen molar-refractivity contribution in [1.29, 1.82) is 0 Å². The Balaban J connectivity index is 1.95. The van der Waals surface area contributed by atoms with Gasteiger partial charge in [0.05, 0.1) is 18.8 Å². The summed E-state index contributed by atoms with van der Waals surface area (Å²) >= 11 is 0. The van der Waals surface area contributed by atoms with Crippen molar-refractivity contribution in [3.05, 3.63) is 0 Å². The maximum absolute atomic E-state index is 9.66. The molecule has 2 rings (SSSR count). The van der Waals surface area contributed by atoms with Gasteiger partial charge in [-0.2, -0.15) is 0 Å². The Hall–Kier alpha value is -0.160. The van der Waals surface area contributed by atoms with Crippen LogP contribution >= 0.6 is 0 Å². The third kappa shape index (κ3) is 3.05. The fraction of sp³-hybridized carbons (Fsp3) is 1.00. The van der Waals surface area contributed by atoms with Crippen LogP contribution in [0.1, 0.15) is 40.0 Å². The molecule has 1 aliphatic heterocycles. The summed E-state index contributed by atoms with van der Waals surface area (Å²) < 4.78 is 5.80. The van der Waals surface area contributed by atoms with Crippen LogP contribution in [-0.4, -0.2) is 60.0 Å². The van der Waals surface area contributed by atoms with Crippen molar-refractivity contribution >= 4 is 0 Å². The van der Waals surface area contributed by atoms with Gasteiger partial charge in [0, 0.05) is 24.7 Å². The van der Waals surface area contributed by atoms with E-state index < -0.39 is 0 Å². The highest BCUT2D eigenvalue weighted by Gasteiger charge is 2.41. The number of morpholine rings is 1. The van der Waals surface area contributed by atoms with Crippen molar-refractivity contribution in [2.24, 2.45) is 0 Å². The van der Waals surface area contributed by atoms with Crippen molar-refractivity contribution in [3.8, 4) is 0 Å². The quantitative estimate of drug-likeness (QED) is 0.787. The van der Waals surface area contributed by atoms with Gasteiger partial charge in [-0.3, -0.25) is 4.90 Å². The molecular formula is C14H28N2O2. The first-order valence-electron chi connectivity index (χ1n) is 7.34. The fourth-order valence-electron chi connectivity index (χ4n) is 3.66. The predicted octanol–water partition coefficient (Wildman–Crippen LogP) is 0.989. The van der Waals surface area contributed by atoms with Crippen molar-refractivity contribution in [1.82, 2.24) is 10.2 Å². The first kappa shape index (κ1) is 14.3. The minimum absolute atomic E-state index is 0.0375. The second kappa shape index (κ2) is 5.87. The number of hydrogen-bond acceptors (Lipinski definition) is 4. The Labute approximate surface area is 111 Å². The molecule has 2 unspecified atom stereocenters. The van der Waals surface area contributed by atoms with Crippen LogP contribution in [0, 0.1) is 0 Å². The second-order valence-corrected chi connectivity index (χ2v) is 6.08. The molecule has 0 bridgehead atoms. The van der Waals surface area contributed by atoms with Gasteiger partial charge in [0.15, 0.2) is 0 Å². The van der Waals surface area contributed by atoms with Crippen LogP contribution in [-0.2, 0) is 4.74 Å². The molecular weight excluding hydrogens is 228 g/mol. The van der Waals surface area contributed by atoms with Crippen LogP contribution < -0.4 is 5.32 Å². The summed E-state index contributed by atoms with van der Waals surface area (Å²) in [6.45, 7) is 9.67. The van der Waals surface area contributed by atoms with Crippen LogP contribution in [0.4, 0.5) is 0 Å². The summed E-state index contributed by atoms with van der Waals surface area (Å²) in [6.07, 6.45) is 4.00. The lowest BCUT2D eigenvalue weighted by molar-refractivity contribution is -0.0805. The summed E-state index contributed by atoms with van der Waals surface area (Å²) in [4.78, 5) is 2.56. The summed E-state index contributed by atoms with van der Waals surface area (Å²) in [6, 6.07) is 0.602. The molecule has 4 heteroatoms. The molecule has 0 aromatic rings. The molecule has 4 nitrogen and oxygen atoms in total. The fourth-order valence-corrected chi connectivity index (χ4v) is 3.66. The van der Waals surface area contributed by atoms with E-state index in [1.54, 1.807) is 0 Å². The highest BCUT2D eigenvalue weighted by Crippen LogP contribution is 2.34. The van der Waals surface area contributed by atoms with Gasteiger partial charge < -0.3 is 15.2 Å². The van der Waals surface area contributed by atoms with E-state index in [-0.39, 0.29) is 12.1 Å². The van der Waals surface area contributed by atoms with Crippen molar-refractivity contribution in [2.45, 2.75) is 63.8 Å². The van der Waals surface area contributed by atoms with Crippen LogP contribution in [0.25, 0.3) is 0 Å². The van der Waals surface area contributed by atoms with E-state index in [0.717, 1.165) is 32.5 Å². The Kier molecular flexibility index (Phi) is 4.64. The smallest absolute Gasteiger partial charge is 0.0678 e. The largest absolute Gasteiger partial charge is 0.394 e. The normalized spacial score (nSPS) is 42.3. The zero-order valence-electron chi connectivity index (χ0n) is 12.0. The standard InChI is InChI=1S/C14H28N2O2/c1-4-15-14(10-17)6-5-13(7-14)16-8-11(2)18-12(3)9-16/h11-13,15,17H,4-10H2,1-3H3/t11-,12+,13?,14?. The Morgan fingerprint density at radius 2 is 2.00 bits per heavy atom. The third-order valence-corrected chi connectivity index (χ3v) is 4.40. The number of hydrogen-bond donors (Lipinski definition) is 2. The van der Waals surface area contributed by atoms with Crippen LogP contribution in [0.15, 0.2) is 0 Å². The summed E-state index contributed by atoms with van der Waals surface area (Å²) in [7, 11) is 0. The number of aliphatic hydroxyl groups excluding tert-OH is 1. The molecule has 4 atom stereocenters. The van der Waals surface area contributed by atoms with E-state index in [1.165, 1.54) is 6.42 Å². The van der Waals surface area contributed by atoms with Gasteiger partial charge in [-0.25, -0.2) is 0 Å². The van der Waals surface area contributed by atoms with Gasteiger partial charge in [-0.05, 0) is 39.7 Å². The summed E-state index contributed by atoms with van der Waals surface area (Å²) in [5, 5.41) is 13.2. The lowest BCUT2D eigenvalue weighted by Crippen LogP contribution is -2.52. The predicted molar refractivity (Wildman–Crippen MR) is 72.7 cm³/mol. The van der Waals surface area contributed by atoms with Gasteiger partial charge in [0.1, 0.15) is 0 Å². The second-order valence-electron chi connectivity index (χ2n) is 6.08. The molecule has 1 aliphatic carbocycles. The van der Waals surface area contributed by atoms with Crippen molar-refractivity contribution in [2.75, 3.05) is 26.2 Å².